The van der Waals surface area contributed by atoms with E-state index in [0.29, 0.717) is 17.8 Å². The highest BCUT2D eigenvalue weighted by atomic mass is 16.3. The Morgan fingerprint density at radius 2 is 2.12 bits per heavy atom. The topological polar surface area (TPSA) is 20.2 Å². The molecular weight excluding hydrogens is 196 g/mol. The molecule has 0 aromatic rings. The normalized spacial score (nSPS) is 39.6. The van der Waals surface area contributed by atoms with Crippen LogP contribution in [0.4, 0.5) is 0 Å². The Morgan fingerprint density at radius 3 is 2.75 bits per heavy atom. The van der Waals surface area contributed by atoms with Crippen LogP contribution in [0.15, 0.2) is 23.8 Å². The van der Waals surface area contributed by atoms with Gasteiger partial charge < -0.3 is 5.11 Å². The molecule has 0 aromatic carbocycles. The molecule has 0 aliphatic heterocycles. The molecule has 16 heavy (non-hydrogen) atoms. The number of rotatable bonds is 1. The number of hydrogen-bond donors (Lipinski definition) is 1. The second kappa shape index (κ2) is 4.03. The number of hydrogen-bond acceptors (Lipinski definition) is 1. The molecule has 0 aromatic heterocycles. The summed E-state index contributed by atoms with van der Waals surface area (Å²) in [6, 6.07) is 0. The van der Waals surface area contributed by atoms with Gasteiger partial charge in [0.05, 0.1) is 5.60 Å². The quantitative estimate of drug-likeness (QED) is 0.668. The van der Waals surface area contributed by atoms with Gasteiger partial charge in [0.15, 0.2) is 0 Å². The predicted molar refractivity (Wildman–Crippen MR) is 68.1 cm³/mol. The smallest absolute Gasteiger partial charge is 0.0688 e. The molecule has 1 N–H and O–H groups in total. The van der Waals surface area contributed by atoms with Crippen molar-refractivity contribution in [2.75, 3.05) is 0 Å². The third kappa shape index (κ3) is 1.98. The van der Waals surface area contributed by atoms with Crippen LogP contribution in [0.1, 0.15) is 46.5 Å². The second-order valence-corrected chi connectivity index (χ2v) is 6.08. The van der Waals surface area contributed by atoms with Gasteiger partial charge in [-0.1, -0.05) is 37.6 Å². The van der Waals surface area contributed by atoms with Crippen LogP contribution in [-0.2, 0) is 0 Å². The fourth-order valence-corrected chi connectivity index (χ4v) is 3.27. The van der Waals surface area contributed by atoms with Crippen molar-refractivity contribution in [3.63, 3.8) is 0 Å². The molecule has 2 aliphatic rings. The van der Waals surface area contributed by atoms with Crippen molar-refractivity contribution in [3.8, 4) is 0 Å². The van der Waals surface area contributed by atoms with E-state index in [0.717, 1.165) is 25.7 Å². The summed E-state index contributed by atoms with van der Waals surface area (Å²) in [6.45, 7) is 10.7. The lowest BCUT2D eigenvalue weighted by Crippen LogP contribution is -2.30. The Morgan fingerprint density at radius 1 is 1.44 bits per heavy atom. The number of fused-ring (bicyclic) bond motifs is 1. The van der Waals surface area contributed by atoms with Gasteiger partial charge >= 0.3 is 0 Å². The standard InChI is InChI=1S/C15H24O/c1-10(2)12-6-5-11(3)13-7-8-15(4,16)14(13)9-12/h9-10,13-14,16H,3,5-8H2,1-2,4H3/t13-,14+,15-/m1/s1. The molecule has 1 fully saturated rings. The zero-order valence-electron chi connectivity index (χ0n) is 10.8. The van der Waals surface area contributed by atoms with Gasteiger partial charge in [-0.05, 0) is 44.4 Å². The second-order valence-electron chi connectivity index (χ2n) is 6.08. The Hall–Kier alpha value is -0.560. The lowest BCUT2D eigenvalue weighted by Gasteiger charge is -2.27. The highest BCUT2D eigenvalue weighted by Crippen LogP contribution is 2.48. The van der Waals surface area contributed by atoms with Crippen LogP contribution in [0.5, 0.6) is 0 Å². The first-order valence-corrected chi connectivity index (χ1v) is 6.52. The third-order valence-corrected chi connectivity index (χ3v) is 4.51. The van der Waals surface area contributed by atoms with E-state index in [1.165, 1.54) is 11.1 Å². The van der Waals surface area contributed by atoms with E-state index in [4.69, 9.17) is 0 Å². The summed E-state index contributed by atoms with van der Waals surface area (Å²) in [5, 5.41) is 10.4. The van der Waals surface area contributed by atoms with Gasteiger partial charge in [0.25, 0.3) is 0 Å². The zero-order chi connectivity index (χ0) is 11.9. The van der Waals surface area contributed by atoms with E-state index in [1.807, 2.05) is 6.92 Å². The molecular formula is C15H24O. The van der Waals surface area contributed by atoms with Crippen LogP contribution >= 0.6 is 0 Å². The molecule has 0 saturated heterocycles. The SMILES string of the molecule is C=C1CCC(C(C)C)=C[C@H]2[C@@H]1CC[C@@]2(C)O. The minimum absolute atomic E-state index is 0.305. The molecule has 0 radical (unpaired) electrons. The Balaban J connectivity index is 2.33. The Labute approximate surface area is 99.3 Å². The van der Waals surface area contributed by atoms with Crippen LogP contribution in [-0.4, -0.2) is 10.7 Å². The van der Waals surface area contributed by atoms with Crippen LogP contribution in [0.3, 0.4) is 0 Å². The monoisotopic (exact) mass is 220 g/mol. The van der Waals surface area contributed by atoms with E-state index in [2.05, 4.69) is 26.5 Å². The van der Waals surface area contributed by atoms with Gasteiger partial charge in [-0.3, -0.25) is 0 Å². The molecule has 0 unspecified atom stereocenters. The maximum atomic E-state index is 10.4. The van der Waals surface area contributed by atoms with Crippen molar-refractivity contribution < 1.29 is 5.11 Å². The van der Waals surface area contributed by atoms with Crippen molar-refractivity contribution >= 4 is 0 Å². The highest BCUT2D eigenvalue weighted by Gasteiger charge is 2.44. The lowest BCUT2D eigenvalue weighted by atomic mass is 9.83. The van der Waals surface area contributed by atoms with Gasteiger partial charge in [0, 0.05) is 5.92 Å². The third-order valence-electron chi connectivity index (χ3n) is 4.51. The summed E-state index contributed by atoms with van der Waals surface area (Å²) in [6.07, 6.45) is 6.64. The van der Waals surface area contributed by atoms with Crippen LogP contribution < -0.4 is 0 Å². The Bertz CT molecular complexity index is 322. The maximum absolute atomic E-state index is 10.4. The molecule has 1 nitrogen and oxygen atoms in total. The summed E-state index contributed by atoms with van der Waals surface area (Å²) >= 11 is 0. The van der Waals surface area contributed by atoms with Gasteiger partial charge in [-0.2, -0.15) is 0 Å². The van der Waals surface area contributed by atoms with Crippen molar-refractivity contribution in [2.24, 2.45) is 17.8 Å². The molecule has 1 heteroatoms. The van der Waals surface area contributed by atoms with Crippen molar-refractivity contribution in [2.45, 2.75) is 52.1 Å². The van der Waals surface area contributed by atoms with Crippen LogP contribution in [0, 0.1) is 17.8 Å². The molecule has 1 saturated carbocycles. The Kier molecular flexibility index (Phi) is 3.00. The molecule has 2 rings (SSSR count). The summed E-state index contributed by atoms with van der Waals surface area (Å²) in [4.78, 5) is 0. The molecule has 90 valence electrons. The van der Waals surface area contributed by atoms with Crippen molar-refractivity contribution in [1.82, 2.24) is 0 Å². The van der Waals surface area contributed by atoms with E-state index in [9.17, 15) is 5.11 Å². The molecule has 0 heterocycles. The molecule has 2 aliphatic carbocycles. The number of allylic oxidation sites excluding steroid dienone is 2. The van der Waals surface area contributed by atoms with E-state index in [1.54, 1.807) is 0 Å². The average molecular weight is 220 g/mol. The lowest BCUT2D eigenvalue weighted by molar-refractivity contribution is 0.0330. The highest BCUT2D eigenvalue weighted by molar-refractivity contribution is 5.24. The predicted octanol–water partition coefficient (Wildman–Crippen LogP) is 3.70. The largest absolute Gasteiger partial charge is 0.390 e. The number of aliphatic hydroxyl groups is 1. The minimum atomic E-state index is -0.516. The average Bonchev–Trinajstić information content (AvgIpc) is 2.38. The van der Waals surface area contributed by atoms with Crippen molar-refractivity contribution in [1.29, 1.82) is 0 Å². The first-order chi connectivity index (χ1) is 7.42. The van der Waals surface area contributed by atoms with Gasteiger partial charge in [0.2, 0.25) is 0 Å². The molecule has 3 atom stereocenters. The summed E-state index contributed by atoms with van der Waals surface area (Å²) in [5.74, 6) is 1.43. The zero-order valence-corrected chi connectivity index (χ0v) is 10.8. The van der Waals surface area contributed by atoms with E-state index >= 15 is 0 Å². The summed E-state index contributed by atoms with van der Waals surface area (Å²) in [7, 11) is 0. The van der Waals surface area contributed by atoms with Crippen LogP contribution in [0.25, 0.3) is 0 Å². The molecule has 0 amide bonds. The first kappa shape index (κ1) is 11.9. The van der Waals surface area contributed by atoms with E-state index < -0.39 is 5.60 Å². The van der Waals surface area contributed by atoms with Gasteiger partial charge in [0.1, 0.15) is 0 Å². The summed E-state index contributed by atoms with van der Waals surface area (Å²) in [5.41, 5.74) is 2.35. The minimum Gasteiger partial charge on any atom is -0.390 e. The van der Waals surface area contributed by atoms with Crippen molar-refractivity contribution in [3.05, 3.63) is 23.8 Å². The fourth-order valence-electron chi connectivity index (χ4n) is 3.27. The molecule has 0 spiro atoms. The maximum Gasteiger partial charge on any atom is 0.0688 e. The summed E-state index contributed by atoms with van der Waals surface area (Å²) < 4.78 is 0. The van der Waals surface area contributed by atoms with Gasteiger partial charge in [-0.25, -0.2) is 0 Å². The van der Waals surface area contributed by atoms with Gasteiger partial charge in [-0.15, -0.1) is 0 Å². The molecule has 0 bridgehead atoms. The van der Waals surface area contributed by atoms with Crippen LogP contribution in [0.2, 0.25) is 0 Å². The first-order valence-electron chi connectivity index (χ1n) is 6.52. The van der Waals surface area contributed by atoms with E-state index in [-0.39, 0.29) is 0 Å². The fraction of sp³-hybridized carbons (Fsp3) is 0.733.